The van der Waals surface area contributed by atoms with Crippen LogP contribution in [-0.4, -0.2) is 38.4 Å². The number of tetrazole rings is 1. The van der Waals surface area contributed by atoms with E-state index in [1.165, 1.54) is 12.7 Å². The third kappa shape index (κ3) is 6.45. The Morgan fingerprint density at radius 3 is 2.42 bits per heavy atom. The molecule has 4 aromatic carbocycles. The van der Waals surface area contributed by atoms with E-state index < -0.39 is 6.09 Å². The summed E-state index contributed by atoms with van der Waals surface area (Å²) in [7, 11) is 1.34. The van der Waals surface area contributed by atoms with Gasteiger partial charge in [-0.2, -0.15) is 4.68 Å². The molecule has 1 N–H and O–H groups in total. The topological polar surface area (TPSA) is 94.8 Å². The Balaban J connectivity index is 1.34. The smallest absolute Gasteiger partial charge is 0.411 e. The maximum Gasteiger partial charge on any atom is 0.411 e. The summed E-state index contributed by atoms with van der Waals surface area (Å²) in [6.07, 6.45) is 3.72. The third-order valence-electron chi connectivity index (χ3n) is 7.23. The van der Waals surface area contributed by atoms with Crippen molar-refractivity contribution in [2.45, 2.75) is 12.3 Å². The summed E-state index contributed by atoms with van der Waals surface area (Å²) in [4.78, 5) is 16.5. The monoisotopic (exact) mass is 586 g/mol. The highest BCUT2D eigenvalue weighted by atomic mass is 35.5. The minimum Gasteiger partial charge on any atom is -0.453 e. The number of amides is 1. The van der Waals surface area contributed by atoms with Gasteiger partial charge in [-0.15, -0.1) is 5.10 Å². The number of rotatable bonds is 8. The summed E-state index contributed by atoms with van der Waals surface area (Å²) >= 11 is 6.38. The summed E-state index contributed by atoms with van der Waals surface area (Å²) in [5.74, 6) is 0.00927. The Morgan fingerprint density at radius 1 is 0.884 bits per heavy atom. The van der Waals surface area contributed by atoms with Crippen LogP contribution < -0.4 is 5.32 Å². The molecule has 0 spiro atoms. The maximum absolute atomic E-state index is 11.6. The molecule has 1 amide bonds. The van der Waals surface area contributed by atoms with Crippen LogP contribution in [0, 0.1) is 0 Å². The van der Waals surface area contributed by atoms with Crippen molar-refractivity contribution < 1.29 is 9.53 Å². The van der Waals surface area contributed by atoms with E-state index in [9.17, 15) is 4.79 Å². The largest absolute Gasteiger partial charge is 0.453 e. The third-order valence-corrected chi connectivity index (χ3v) is 7.47. The lowest BCUT2D eigenvalue weighted by Crippen LogP contribution is -2.10. The van der Waals surface area contributed by atoms with Gasteiger partial charge in [-0.25, -0.2) is 4.79 Å². The Kier molecular flexibility index (Phi) is 8.19. The number of benzene rings is 4. The number of nitrogens with one attached hydrogen (secondary N) is 1. The number of aromatic nitrogens is 5. The van der Waals surface area contributed by atoms with Gasteiger partial charge in [0.25, 0.3) is 0 Å². The predicted octanol–water partition coefficient (Wildman–Crippen LogP) is 7.60. The second-order valence-electron chi connectivity index (χ2n) is 9.95. The van der Waals surface area contributed by atoms with Crippen molar-refractivity contribution in [1.82, 2.24) is 25.2 Å². The number of hydrogen-bond donors (Lipinski definition) is 1. The number of nitrogens with zero attached hydrogens (tertiary/aromatic N) is 5. The minimum absolute atomic E-state index is 0.00927. The zero-order valence-corrected chi connectivity index (χ0v) is 24.0. The molecule has 212 valence electrons. The highest BCUT2D eigenvalue weighted by molar-refractivity contribution is 6.31. The molecule has 2 heterocycles. The van der Waals surface area contributed by atoms with Gasteiger partial charge in [-0.3, -0.25) is 10.3 Å². The van der Waals surface area contributed by atoms with Crippen molar-refractivity contribution in [1.29, 1.82) is 0 Å². The van der Waals surface area contributed by atoms with Crippen LogP contribution in [0.4, 0.5) is 10.5 Å². The highest BCUT2D eigenvalue weighted by Gasteiger charge is 2.19. The molecule has 6 aromatic rings. The number of carbonyl (C=O) groups excluding carboxylic acids is 1. The fourth-order valence-electron chi connectivity index (χ4n) is 5.07. The molecule has 0 saturated heterocycles. The van der Waals surface area contributed by atoms with Crippen LogP contribution in [0.1, 0.15) is 22.7 Å². The van der Waals surface area contributed by atoms with Gasteiger partial charge in [0.15, 0.2) is 0 Å². The molecule has 1 atom stereocenters. The summed E-state index contributed by atoms with van der Waals surface area (Å²) < 4.78 is 6.30. The first kappa shape index (κ1) is 27.8. The summed E-state index contributed by atoms with van der Waals surface area (Å²) in [6, 6.07) is 36.4. The first-order valence-electron chi connectivity index (χ1n) is 13.7. The average Bonchev–Trinajstić information content (AvgIpc) is 3.60. The number of hydrogen-bond acceptors (Lipinski definition) is 6. The normalized spacial score (nSPS) is 11.6. The molecule has 0 aliphatic heterocycles. The Bertz CT molecular complexity index is 1830. The number of halogens is 1. The lowest BCUT2D eigenvalue weighted by molar-refractivity contribution is 0.187. The zero-order valence-electron chi connectivity index (χ0n) is 23.3. The molecule has 2 aromatic heterocycles. The van der Waals surface area contributed by atoms with Crippen LogP contribution in [0.2, 0.25) is 5.02 Å². The van der Waals surface area contributed by atoms with Gasteiger partial charge in [-0.05, 0) is 75.5 Å². The van der Waals surface area contributed by atoms with Crippen molar-refractivity contribution >= 4 is 23.4 Å². The van der Waals surface area contributed by atoms with Gasteiger partial charge in [0.1, 0.15) is 6.33 Å². The number of methoxy groups -OCH3 is 1. The fraction of sp³-hybridized carbons (Fsp3) is 0.0882. The van der Waals surface area contributed by atoms with Crippen LogP contribution in [-0.2, 0) is 11.2 Å². The molecule has 0 bridgehead atoms. The quantitative estimate of drug-likeness (QED) is 0.197. The van der Waals surface area contributed by atoms with Gasteiger partial charge in [0, 0.05) is 39.6 Å². The van der Waals surface area contributed by atoms with Crippen LogP contribution in [0.25, 0.3) is 27.9 Å². The molecular weight excluding hydrogens is 560 g/mol. The second-order valence-corrected chi connectivity index (χ2v) is 10.4. The highest BCUT2D eigenvalue weighted by Crippen LogP contribution is 2.34. The van der Waals surface area contributed by atoms with E-state index in [-0.39, 0.29) is 5.92 Å². The first-order valence-corrected chi connectivity index (χ1v) is 14.0. The number of pyridine rings is 1. The van der Waals surface area contributed by atoms with Crippen molar-refractivity contribution in [2.75, 3.05) is 12.4 Å². The lowest BCUT2D eigenvalue weighted by Gasteiger charge is -2.19. The number of anilines is 1. The fourth-order valence-corrected chi connectivity index (χ4v) is 5.25. The van der Waals surface area contributed by atoms with Crippen LogP contribution >= 0.6 is 11.6 Å². The van der Waals surface area contributed by atoms with E-state index in [0.29, 0.717) is 10.7 Å². The second kappa shape index (κ2) is 12.7. The molecule has 6 rings (SSSR count). The number of ether oxygens (including phenoxy) is 1. The average molecular weight is 587 g/mol. The molecule has 0 aliphatic carbocycles. The molecule has 0 fully saturated rings. The summed E-state index contributed by atoms with van der Waals surface area (Å²) in [6.45, 7) is 0. The van der Waals surface area contributed by atoms with E-state index in [1.54, 1.807) is 11.0 Å². The van der Waals surface area contributed by atoms with Crippen molar-refractivity contribution in [3.63, 3.8) is 0 Å². The molecule has 0 unspecified atom stereocenters. The molecule has 8 nitrogen and oxygen atoms in total. The van der Waals surface area contributed by atoms with Crippen LogP contribution in [0.15, 0.2) is 122 Å². The molecule has 43 heavy (non-hydrogen) atoms. The molecule has 0 aliphatic rings. The Labute approximate surface area is 254 Å². The standard InChI is InChI=1S/C34H27ClN6O2/c1-43-34(42)38-29-14-10-24(11-15-29)25-8-5-9-26(19-25)30(18-23-6-3-2-4-7-23)32-16-12-27(21-36-32)31-20-28(35)13-17-33(31)41-22-37-39-40-41/h2-17,19-22,30H,18H2,1H3,(H,38,42)/t30-/m1/s1. The molecule has 0 saturated carbocycles. The SMILES string of the molecule is COC(=O)Nc1ccc(-c2cccc([C@@H](Cc3ccccc3)c3ccc(-c4cc(Cl)ccc4-n4cnnn4)cn3)c2)cc1. The van der Waals surface area contributed by atoms with Crippen molar-refractivity contribution in [2.24, 2.45) is 0 Å². The summed E-state index contributed by atoms with van der Waals surface area (Å²) in [5, 5.41) is 14.9. The predicted molar refractivity (Wildman–Crippen MR) is 167 cm³/mol. The van der Waals surface area contributed by atoms with Crippen molar-refractivity contribution in [3.05, 3.63) is 144 Å². The van der Waals surface area contributed by atoms with Gasteiger partial charge < -0.3 is 4.74 Å². The molecular formula is C34H27ClN6O2. The first-order chi connectivity index (χ1) is 21.1. The number of carbonyl (C=O) groups is 1. The van der Waals surface area contributed by atoms with E-state index in [1.807, 2.05) is 54.7 Å². The Hall–Kier alpha value is -5.34. The summed E-state index contributed by atoms with van der Waals surface area (Å²) in [5.41, 5.74) is 8.69. The Morgan fingerprint density at radius 2 is 1.70 bits per heavy atom. The molecule has 9 heteroatoms. The molecule has 0 radical (unpaired) electrons. The lowest BCUT2D eigenvalue weighted by atomic mass is 9.87. The van der Waals surface area contributed by atoms with Gasteiger partial charge >= 0.3 is 6.09 Å². The van der Waals surface area contributed by atoms with E-state index >= 15 is 0 Å². The maximum atomic E-state index is 11.6. The van der Waals surface area contributed by atoms with E-state index in [4.69, 9.17) is 21.3 Å². The van der Waals surface area contributed by atoms with Gasteiger partial charge in [0.05, 0.1) is 12.8 Å². The van der Waals surface area contributed by atoms with Crippen LogP contribution in [0.3, 0.4) is 0 Å². The van der Waals surface area contributed by atoms with Gasteiger partial charge in [-0.1, -0.05) is 84.4 Å². The zero-order chi connectivity index (χ0) is 29.6. The van der Waals surface area contributed by atoms with Gasteiger partial charge in [0.2, 0.25) is 0 Å². The van der Waals surface area contributed by atoms with E-state index in [0.717, 1.165) is 45.6 Å². The van der Waals surface area contributed by atoms with E-state index in [2.05, 4.69) is 81.5 Å². The minimum atomic E-state index is -0.501. The van der Waals surface area contributed by atoms with Crippen LogP contribution in [0.5, 0.6) is 0 Å². The van der Waals surface area contributed by atoms with Crippen molar-refractivity contribution in [3.8, 4) is 27.9 Å².